The van der Waals surface area contributed by atoms with Gasteiger partial charge < -0.3 is 5.73 Å². The van der Waals surface area contributed by atoms with Gasteiger partial charge in [-0.05, 0) is 57.3 Å². The first-order chi connectivity index (χ1) is 8.78. The minimum atomic E-state index is 0.489. The summed E-state index contributed by atoms with van der Waals surface area (Å²) in [6.45, 7) is 2.36. The molecule has 0 amide bonds. The van der Waals surface area contributed by atoms with Crippen LogP contribution in [0.2, 0.25) is 0 Å². The molecule has 2 nitrogen and oxygen atoms in total. The van der Waals surface area contributed by atoms with E-state index in [1.54, 1.807) is 0 Å². The summed E-state index contributed by atoms with van der Waals surface area (Å²) in [6.07, 6.45) is 14.1. The molecule has 1 saturated carbocycles. The lowest BCUT2D eigenvalue weighted by atomic mass is 9.77. The van der Waals surface area contributed by atoms with Crippen LogP contribution in [0, 0.1) is 5.92 Å². The zero-order valence-electron chi connectivity index (χ0n) is 12.0. The van der Waals surface area contributed by atoms with E-state index in [-0.39, 0.29) is 0 Å². The minimum Gasteiger partial charge on any atom is -0.328 e. The van der Waals surface area contributed by atoms with Crippen LogP contribution < -0.4 is 5.73 Å². The van der Waals surface area contributed by atoms with Crippen molar-refractivity contribution < 1.29 is 0 Å². The number of hydrogen-bond acceptors (Lipinski definition) is 2. The van der Waals surface area contributed by atoms with Crippen LogP contribution in [0.5, 0.6) is 0 Å². The fourth-order valence-corrected chi connectivity index (χ4v) is 4.91. The molecule has 2 aliphatic heterocycles. The van der Waals surface area contributed by atoms with E-state index in [9.17, 15) is 0 Å². The molecule has 3 rings (SSSR count). The van der Waals surface area contributed by atoms with Crippen LogP contribution in [0.1, 0.15) is 71.1 Å². The molecule has 0 aromatic rings. The van der Waals surface area contributed by atoms with Crippen molar-refractivity contribution in [3.63, 3.8) is 0 Å². The van der Waals surface area contributed by atoms with Crippen molar-refractivity contribution in [1.82, 2.24) is 4.90 Å². The molecular weight excluding hydrogens is 220 g/mol. The number of hydrogen-bond donors (Lipinski definition) is 1. The Kier molecular flexibility index (Phi) is 3.95. The second-order valence-electron chi connectivity index (χ2n) is 7.00. The van der Waals surface area contributed by atoms with Crippen LogP contribution in [0.15, 0.2) is 0 Å². The monoisotopic (exact) mass is 250 g/mol. The van der Waals surface area contributed by atoms with Crippen molar-refractivity contribution in [2.75, 3.05) is 0 Å². The average molecular weight is 250 g/mol. The van der Waals surface area contributed by atoms with Crippen LogP contribution in [-0.4, -0.2) is 29.1 Å². The fraction of sp³-hybridized carbons (Fsp3) is 1.00. The van der Waals surface area contributed by atoms with E-state index in [0.29, 0.717) is 6.04 Å². The zero-order chi connectivity index (χ0) is 12.5. The Balaban J connectivity index is 1.65. The predicted octanol–water partition coefficient (Wildman–Crippen LogP) is 3.30. The molecule has 3 fully saturated rings. The molecule has 2 N–H and O–H groups in total. The van der Waals surface area contributed by atoms with Gasteiger partial charge in [0.05, 0.1) is 0 Å². The van der Waals surface area contributed by atoms with Gasteiger partial charge in [-0.3, -0.25) is 4.90 Å². The Labute approximate surface area is 112 Å². The van der Waals surface area contributed by atoms with E-state index < -0.39 is 0 Å². The molecular formula is C16H30N2. The quantitative estimate of drug-likeness (QED) is 0.815. The highest BCUT2D eigenvalue weighted by molar-refractivity contribution is 4.97. The SMILES string of the molecule is CCC1CCC(N2C3CCCC2CC(N)C3)CC1. The second-order valence-corrected chi connectivity index (χ2v) is 7.00. The summed E-state index contributed by atoms with van der Waals surface area (Å²) in [5, 5.41) is 0. The molecule has 0 aromatic carbocycles. The maximum atomic E-state index is 6.23. The summed E-state index contributed by atoms with van der Waals surface area (Å²) in [4.78, 5) is 2.93. The molecule has 0 spiro atoms. The summed E-state index contributed by atoms with van der Waals surface area (Å²) in [5.74, 6) is 1.02. The summed E-state index contributed by atoms with van der Waals surface area (Å²) in [7, 11) is 0. The standard InChI is InChI=1S/C16H30N2/c1-2-12-6-8-14(9-7-12)18-15-4-3-5-16(18)11-13(17)10-15/h12-16H,2-11,17H2,1H3. The Morgan fingerprint density at radius 3 is 2.06 bits per heavy atom. The third kappa shape index (κ3) is 2.46. The van der Waals surface area contributed by atoms with Gasteiger partial charge in [0, 0.05) is 24.2 Å². The van der Waals surface area contributed by atoms with Gasteiger partial charge in [-0.2, -0.15) is 0 Å². The molecule has 3 aliphatic rings. The first-order valence-electron chi connectivity index (χ1n) is 8.31. The van der Waals surface area contributed by atoms with Crippen LogP contribution in [0.25, 0.3) is 0 Å². The Morgan fingerprint density at radius 1 is 0.889 bits per heavy atom. The van der Waals surface area contributed by atoms with Gasteiger partial charge in [-0.25, -0.2) is 0 Å². The van der Waals surface area contributed by atoms with Crippen molar-refractivity contribution in [3.05, 3.63) is 0 Å². The van der Waals surface area contributed by atoms with Gasteiger partial charge in [0.25, 0.3) is 0 Å². The Morgan fingerprint density at radius 2 is 1.50 bits per heavy atom. The maximum absolute atomic E-state index is 6.23. The smallest absolute Gasteiger partial charge is 0.0116 e. The number of nitrogens with two attached hydrogens (primary N) is 1. The Hall–Kier alpha value is -0.0800. The van der Waals surface area contributed by atoms with Crippen LogP contribution in [0.3, 0.4) is 0 Å². The van der Waals surface area contributed by atoms with E-state index in [4.69, 9.17) is 5.73 Å². The lowest BCUT2D eigenvalue weighted by Crippen LogP contribution is -2.59. The average Bonchev–Trinajstić information content (AvgIpc) is 2.38. The van der Waals surface area contributed by atoms with Gasteiger partial charge >= 0.3 is 0 Å². The highest BCUT2D eigenvalue weighted by atomic mass is 15.2. The van der Waals surface area contributed by atoms with E-state index >= 15 is 0 Å². The minimum absolute atomic E-state index is 0.489. The number of rotatable bonds is 2. The van der Waals surface area contributed by atoms with Crippen LogP contribution >= 0.6 is 0 Å². The zero-order valence-corrected chi connectivity index (χ0v) is 12.0. The molecule has 2 saturated heterocycles. The van der Waals surface area contributed by atoms with Crippen molar-refractivity contribution in [2.24, 2.45) is 11.7 Å². The molecule has 0 radical (unpaired) electrons. The van der Waals surface area contributed by atoms with E-state index in [1.807, 2.05) is 0 Å². The number of nitrogens with zero attached hydrogens (tertiary/aromatic N) is 1. The first kappa shape index (κ1) is 12.9. The number of piperidine rings is 2. The molecule has 18 heavy (non-hydrogen) atoms. The highest BCUT2D eigenvalue weighted by Crippen LogP contribution is 2.39. The first-order valence-corrected chi connectivity index (χ1v) is 8.31. The predicted molar refractivity (Wildman–Crippen MR) is 76.5 cm³/mol. The molecule has 104 valence electrons. The molecule has 2 atom stereocenters. The fourth-order valence-electron chi connectivity index (χ4n) is 4.91. The van der Waals surface area contributed by atoms with Crippen LogP contribution in [-0.2, 0) is 0 Å². The topological polar surface area (TPSA) is 29.3 Å². The summed E-state index contributed by atoms with van der Waals surface area (Å²) < 4.78 is 0. The van der Waals surface area contributed by atoms with E-state index in [2.05, 4.69) is 11.8 Å². The van der Waals surface area contributed by atoms with Crippen molar-refractivity contribution in [3.8, 4) is 0 Å². The summed E-state index contributed by atoms with van der Waals surface area (Å²) >= 11 is 0. The second kappa shape index (κ2) is 5.50. The molecule has 2 heterocycles. The third-order valence-electron chi connectivity index (χ3n) is 5.88. The third-order valence-corrected chi connectivity index (χ3v) is 5.88. The number of fused-ring (bicyclic) bond motifs is 2. The molecule has 1 aliphatic carbocycles. The van der Waals surface area contributed by atoms with Gasteiger partial charge in [-0.15, -0.1) is 0 Å². The van der Waals surface area contributed by atoms with Gasteiger partial charge in [0.2, 0.25) is 0 Å². The molecule has 2 unspecified atom stereocenters. The lowest BCUT2D eigenvalue weighted by Gasteiger charge is -2.53. The van der Waals surface area contributed by atoms with Gasteiger partial charge in [-0.1, -0.05) is 19.8 Å². The van der Waals surface area contributed by atoms with E-state index in [1.165, 1.54) is 64.2 Å². The van der Waals surface area contributed by atoms with Gasteiger partial charge in [0.1, 0.15) is 0 Å². The largest absolute Gasteiger partial charge is 0.328 e. The normalized spacial score (nSPS) is 46.0. The Bertz CT molecular complexity index is 256. The highest BCUT2D eigenvalue weighted by Gasteiger charge is 2.41. The molecule has 0 aromatic heterocycles. The summed E-state index contributed by atoms with van der Waals surface area (Å²) in [6, 6.07) is 3.05. The van der Waals surface area contributed by atoms with Crippen molar-refractivity contribution in [2.45, 2.75) is 95.3 Å². The molecule has 2 bridgehead atoms. The van der Waals surface area contributed by atoms with E-state index in [0.717, 1.165) is 24.0 Å². The van der Waals surface area contributed by atoms with Crippen LogP contribution in [0.4, 0.5) is 0 Å². The molecule has 2 heteroatoms. The van der Waals surface area contributed by atoms with Gasteiger partial charge in [0.15, 0.2) is 0 Å². The van der Waals surface area contributed by atoms with Crippen molar-refractivity contribution >= 4 is 0 Å². The summed E-state index contributed by atoms with van der Waals surface area (Å²) in [5.41, 5.74) is 6.23. The van der Waals surface area contributed by atoms with Crippen molar-refractivity contribution in [1.29, 1.82) is 0 Å². The lowest BCUT2D eigenvalue weighted by molar-refractivity contribution is -0.0219. The maximum Gasteiger partial charge on any atom is 0.0116 e.